The highest BCUT2D eigenvalue weighted by atomic mass is 32.2. The highest BCUT2D eigenvalue weighted by molar-refractivity contribution is 7.90. The molecule has 0 aromatic heterocycles. The van der Waals surface area contributed by atoms with Crippen LogP contribution in [0.5, 0.6) is 0 Å². The number of sulfone groups is 1. The largest absolute Gasteiger partial charge is 0.480 e. The molecule has 0 aliphatic heterocycles. The number of benzene rings is 1. The Labute approximate surface area is 113 Å². The molecule has 1 aromatic carbocycles. The third-order valence-electron chi connectivity index (χ3n) is 3.02. The van der Waals surface area contributed by atoms with Crippen molar-refractivity contribution in [2.45, 2.75) is 30.7 Å². The van der Waals surface area contributed by atoms with Crippen LogP contribution in [0, 0.1) is 0 Å². The molecule has 0 bridgehead atoms. The van der Waals surface area contributed by atoms with Crippen molar-refractivity contribution >= 4 is 15.8 Å². The maximum atomic E-state index is 11.4. The van der Waals surface area contributed by atoms with Gasteiger partial charge in [-0.05, 0) is 37.6 Å². The van der Waals surface area contributed by atoms with E-state index in [1.54, 1.807) is 6.92 Å². The molecule has 0 aliphatic carbocycles. The molecule has 0 spiro atoms. The standard InChI is InChI=1S/C13H19NO4S/c1-4-9-14-13(2,12(15)16)10-5-7-11(8-6-10)19(3,17)18/h5-8,14H,4,9H2,1-3H3,(H,15,16). The lowest BCUT2D eigenvalue weighted by Gasteiger charge is -2.27. The van der Waals surface area contributed by atoms with Crippen LogP contribution in [0.15, 0.2) is 29.2 Å². The summed E-state index contributed by atoms with van der Waals surface area (Å²) in [6.45, 7) is 4.08. The molecule has 0 aliphatic rings. The lowest BCUT2D eigenvalue weighted by atomic mass is 9.92. The van der Waals surface area contributed by atoms with Gasteiger partial charge in [-0.1, -0.05) is 19.1 Å². The normalized spacial score (nSPS) is 14.9. The molecule has 0 heterocycles. The zero-order chi connectivity index (χ0) is 14.7. The van der Waals surface area contributed by atoms with Gasteiger partial charge >= 0.3 is 5.97 Å². The van der Waals surface area contributed by atoms with Gasteiger partial charge in [0, 0.05) is 6.26 Å². The van der Waals surface area contributed by atoms with Crippen molar-refractivity contribution in [1.82, 2.24) is 5.32 Å². The zero-order valence-electron chi connectivity index (χ0n) is 11.3. The van der Waals surface area contributed by atoms with E-state index in [2.05, 4.69) is 5.32 Å². The summed E-state index contributed by atoms with van der Waals surface area (Å²) in [5.41, 5.74) is -0.688. The van der Waals surface area contributed by atoms with Crippen LogP contribution in [0.3, 0.4) is 0 Å². The summed E-state index contributed by atoms with van der Waals surface area (Å²) < 4.78 is 22.7. The van der Waals surface area contributed by atoms with Gasteiger partial charge in [-0.25, -0.2) is 13.2 Å². The minimum absolute atomic E-state index is 0.180. The van der Waals surface area contributed by atoms with Crippen LogP contribution in [0.4, 0.5) is 0 Å². The predicted octanol–water partition coefficient (Wildman–Crippen LogP) is 1.39. The number of nitrogens with one attached hydrogen (secondary N) is 1. The number of rotatable bonds is 6. The Morgan fingerprint density at radius 3 is 2.21 bits per heavy atom. The van der Waals surface area contributed by atoms with E-state index >= 15 is 0 Å². The molecule has 1 atom stereocenters. The van der Waals surface area contributed by atoms with Gasteiger partial charge in [-0.3, -0.25) is 5.32 Å². The number of carbonyl (C=O) groups is 1. The van der Waals surface area contributed by atoms with Crippen molar-refractivity contribution in [3.63, 3.8) is 0 Å². The first kappa shape index (κ1) is 15.7. The van der Waals surface area contributed by atoms with Crippen molar-refractivity contribution in [3.8, 4) is 0 Å². The van der Waals surface area contributed by atoms with E-state index in [0.717, 1.165) is 12.7 Å². The topological polar surface area (TPSA) is 83.5 Å². The first-order valence-electron chi connectivity index (χ1n) is 6.01. The Bertz CT molecular complexity index is 551. The Morgan fingerprint density at radius 1 is 1.32 bits per heavy atom. The summed E-state index contributed by atoms with van der Waals surface area (Å²) in [5.74, 6) is -0.993. The average Bonchev–Trinajstić information content (AvgIpc) is 2.34. The molecule has 2 N–H and O–H groups in total. The van der Waals surface area contributed by atoms with Gasteiger partial charge in [0.05, 0.1) is 4.90 Å². The lowest BCUT2D eigenvalue weighted by molar-refractivity contribution is -0.144. The fourth-order valence-electron chi connectivity index (χ4n) is 1.71. The highest BCUT2D eigenvalue weighted by Crippen LogP contribution is 2.23. The van der Waals surface area contributed by atoms with E-state index in [1.807, 2.05) is 6.92 Å². The molecule has 0 saturated heterocycles. The van der Waals surface area contributed by atoms with E-state index in [1.165, 1.54) is 24.3 Å². The molecule has 0 radical (unpaired) electrons. The van der Waals surface area contributed by atoms with E-state index in [0.29, 0.717) is 12.1 Å². The molecular formula is C13H19NO4S. The second-order valence-corrected chi connectivity index (χ2v) is 6.67. The van der Waals surface area contributed by atoms with Gasteiger partial charge in [0.2, 0.25) is 0 Å². The minimum atomic E-state index is -3.27. The molecule has 1 aromatic rings. The fraction of sp³-hybridized carbons (Fsp3) is 0.462. The molecule has 6 heteroatoms. The van der Waals surface area contributed by atoms with Gasteiger partial charge in [0.15, 0.2) is 9.84 Å². The first-order chi connectivity index (χ1) is 8.71. The van der Waals surface area contributed by atoms with Crippen molar-refractivity contribution in [3.05, 3.63) is 29.8 Å². The zero-order valence-corrected chi connectivity index (χ0v) is 12.1. The summed E-state index contributed by atoms with van der Waals surface area (Å²) in [7, 11) is -3.27. The SMILES string of the molecule is CCCNC(C)(C(=O)O)c1ccc(S(C)(=O)=O)cc1. The van der Waals surface area contributed by atoms with Crippen molar-refractivity contribution in [1.29, 1.82) is 0 Å². The summed E-state index contributed by atoms with van der Waals surface area (Å²) in [5, 5.41) is 12.3. The van der Waals surface area contributed by atoms with E-state index in [9.17, 15) is 18.3 Å². The van der Waals surface area contributed by atoms with E-state index < -0.39 is 21.3 Å². The second-order valence-electron chi connectivity index (χ2n) is 4.65. The number of hydrogen-bond donors (Lipinski definition) is 2. The third-order valence-corrected chi connectivity index (χ3v) is 4.14. The highest BCUT2D eigenvalue weighted by Gasteiger charge is 2.34. The van der Waals surface area contributed by atoms with Crippen molar-refractivity contribution < 1.29 is 18.3 Å². The van der Waals surface area contributed by atoms with Gasteiger partial charge in [0.1, 0.15) is 5.54 Å². The smallest absolute Gasteiger partial charge is 0.328 e. The summed E-state index contributed by atoms with van der Waals surface area (Å²) in [4.78, 5) is 11.6. The summed E-state index contributed by atoms with van der Waals surface area (Å²) in [6, 6.07) is 5.93. The first-order valence-corrected chi connectivity index (χ1v) is 7.90. The quantitative estimate of drug-likeness (QED) is 0.825. The number of carboxylic acid groups (broad SMARTS) is 1. The van der Waals surface area contributed by atoms with Gasteiger partial charge in [-0.15, -0.1) is 0 Å². The Morgan fingerprint density at radius 2 is 1.84 bits per heavy atom. The average molecular weight is 285 g/mol. The molecule has 0 saturated carbocycles. The molecule has 0 amide bonds. The van der Waals surface area contributed by atoms with Crippen LogP contribution in [-0.4, -0.2) is 32.3 Å². The Hall–Kier alpha value is -1.40. The molecule has 5 nitrogen and oxygen atoms in total. The maximum Gasteiger partial charge on any atom is 0.328 e. The Balaban J connectivity index is 3.15. The predicted molar refractivity (Wildman–Crippen MR) is 72.8 cm³/mol. The monoisotopic (exact) mass is 285 g/mol. The molecule has 1 unspecified atom stereocenters. The fourth-order valence-corrected chi connectivity index (χ4v) is 2.34. The number of carboxylic acids is 1. The van der Waals surface area contributed by atoms with E-state index in [-0.39, 0.29) is 4.90 Å². The maximum absolute atomic E-state index is 11.4. The molecular weight excluding hydrogens is 266 g/mol. The third kappa shape index (κ3) is 3.54. The van der Waals surface area contributed by atoms with E-state index in [4.69, 9.17) is 0 Å². The Kier molecular flexibility index (Phi) is 4.70. The van der Waals surface area contributed by atoms with Gasteiger partial charge in [-0.2, -0.15) is 0 Å². The van der Waals surface area contributed by atoms with Crippen molar-refractivity contribution in [2.24, 2.45) is 0 Å². The molecule has 106 valence electrons. The summed E-state index contributed by atoms with van der Waals surface area (Å²) >= 11 is 0. The molecule has 1 rings (SSSR count). The van der Waals surface area contributed by atoms with Crippen LogP contribution in [0.2, 0.25) is 0 Å². The lowest BCUT2D eigenvalue weighted by Crippen LogP contribution is -2.46. The summed E-state index contributed by atoms with van der Waals surface area (Å²) in [6.07, 6.45) is 1.93. The van der Waals surface area contributed by atoms with Crippen LogP contribution in [-0.2, 0) is 20.2 Å². The van der Waals surface area contributed by atoms with Crippen molar-refractivity contribution in [2.75, 3.05) is 12.8 Å². The number of aliphatic carboxylic acids is 1. The molecule has 19 heavy (non-hydrogen) atoms. The molecule has 0 fully saturated rings. The van der Waals surface area contributed by atoms with Gasteiger partial charge < -0.3 is 5.11 Å². The van der Waals surface area contributed by atoms with Crippen LogP contribution in [0.1, 0.15) is 25.8 Å². The van der Waals surface area contributed by atoms with Gasteiger partial charge in [0.25, 0.3) is 0 Å². The second kappa shape index (κ2) is 5.71. The van der Waals surface area contributed by atoms with Crippen LogP contribution < -0.4 is 5.32 Å². The van der Waals surface area contributed by atoms with Crippen LogP contribution >= 0.6 is 0 Å². The van der Waals surface area contributed by atoms with Crippen LogP contribution in [0.25, 0.3) is 0 Å². The minimum Gasteiger partial charge on any atom is -0.480 e. The number of hydrogen-bond acceptors (Lipinski definition) is 4.